The van der Waals surface area contributed by atoms with E-state index in [-0.39, 0.29) is 12.5 Å². The van der Waals surface area contributed by atoms with Gasteiger partial charge in [-0.3, -0.25) is 15.1 Å². The molecule has 0 radical (unpaired) electrons. The lowest BCUT2D eigenvalue weighted by molar-refractivity contribution is -0.140. The fourth-order valence-electron chi connectivity index (χ4n) is 1.28. The third-order valence-corrected chi connectivity index (χ3v) is 2.12. The third-order valence-electron chi connectivity index (χ3n) is 2.01. The van der Waals surface area contributed by atoms with Gasteiger partial charge in [0.15, 0.2) is 6.07 Å². The van der Waals surface area contributed by atoms with Crippen LogP contribution in [0.3, 0.4) is 0 Å². The third kappa shape index (κ3) is 6.38. The Labute approximate surface area is 122 Å². The molecule has 1 aromatic heterocycles. The van der Waals surface area contributed by atoms with Gasteiger partial charge in [-0.25, -0.2) is 4.79 Å². The van der Waals surface area contributed by atoms with Crippen LogP contribution >= 0.6 is 11.6 Å². The van der Waals surface area contributed by atoms with Crippen molar-refractivity contribution in [3.05, 3.63) is 24.0 Å². The minimum atomic E-state index is -0.567. The van der Waals surface area contributed by atoms with Crippen LogP contribution in [0.2, 0.25) is 0 Å². The molecule has 0 bridgehead atoms. The van der Waals surface area contributed by atoms with Crippen LogP contribution in [0.4, 0.5) is 10.5 Å². The fourth-order valence-corrected chi connectivity index (χ4v) is 1.41. The number of esters is 1. The van der Waals surface area contributed by atoms with Crippen LogP contribution in [0, 0.1) is 0 Å². The molecule has 0 fully saturated rings. The first-order valence-electron chi connectivity index (χ1n) is 5.96. The topological polar surface area (TPSA) is 77.5 Å². The lowest BCUT2D eigenvalue weighted by Crippen LogP contribution is -2.27. The molecule has 0 aliphatic carbocycles. The van der Waals surface area contributed by atoms with Gasteiger partial charge in [0.1, 0.15) is 5.60 Å². The molecule has 1 amide bonds. The highest BCUT2D eigenvalue weighted by molar-refractivity contribution is 6.17. The first-order chi connectivity index (χ1) is 9.30. The van der Waals surface area contributed by atoms with Gasteiger partial charge in [-0.05, 0) is 32.9 Å². The van der Waals surface area contributed by atoms with Crippen molar-refractivity contribution in [3.63, 3.8) is 0 Å². The molecule has 0 aliphatic heterocycles. The van der Waals surface area contributed by atoms with Gasteiger partial charge in [-0.15, -0.1) is 0 Å². The van der Waals surface area contributed by atoms with E-state index in [1.807, 2.05) is 0 Å². The van der Waals surface area contributed by atoms with Crippen molar-refractivity contribution in [2.45, 2.75) is 32.8 Å². The Morgan fingerprint density at radius 2 is 2.05 bits per heavy atom. The molecule has 1 N–H and O–H groups in total. The monoisotopic (exact) mass is 300 g/mol. The molecule has 0 aliphatic rings. The lowest BCUT2D eigenvalue weighted by Gasteiger charge is -2.19. The van der Waals surface area contributed by atoms with E-state index < -0.39 is 17.7 Å². The molecule has 1 aromatic rings. The average Bonchev–Trinajstić information content (AvgIpc) is 2.29. The molecule has 7 heteroatoms. The van der Waals surface area contributed by atoms with Gasteiger partial charge in [0.2, 0.25) is 0 Å². The molecule has 0 saturated heterocycles. The highest BCUT2D eigenvalue weighted by atomic mass is 35.5. The predicted octanol–water partition coefficient (Wildman–Crippen LogP) is 2.71. The SMILES string of the molecule is CC(C)(C)OC(=O)Nc1ccc(CC(=O)OCCl)nc1. The van der Waals surface area contributed by atoms with Crippen molar-refractivity contribution < 1.29 is 19.1 Å². The van der Waals surface area contributed by atoms with E-state index in [9.17, 15) is 9.59 Å². The minimum Gasteiger partial charge on any atom is -0.449 e. The summed E-state index contributed by atoms with van der Waals surface area (Å²) >= 11 is 5.27. The van der Waals surface area contributed by atoms with Crippen LogP contribution in [0.5, 0.6) is 0 Å². The number of pyridine rings is 1. The summed E-state index contributed by atoms with van der Waals surface area (Å²) in [7, 11) is 0. The van der Waals surface area contributed by atoms with Gasteiger partial charge in [-0.2, -0.15) is 0 Å². The number of nitrogens with zero attached hydrogens (tertiary/aromatic N) is 1. The van der Waals surface area contributed by atoms with Crippen molar-refractivity contribution in [1.29, 1.82) is 0 Å². The van der Waals surface area contributed by atoms with E-state index in [0.29, 0.717) is 11.4 Å². The number of carbonyl (C=O) groups excluding carboxylic acids is 2. The summed E-state index contributed by atoms with van der Waals surface area (Å²) < 4.78 is 9.69. The first kappa shape index (κ1) is 16.2. The minimum absolute atomic E-state index is 0.0272. The number of nitrogens with one attached hydrogen (secondary N) is 1. The zero-order valence-corrected chi connectivity index (χ0v) is 12.4. The van der Waals surface area contributed by atoms with Crippen molar-refractivity contribution in [1.82, 2.24) is 4.98 Å². The van der Waals surface area contributed by atoms with E-state index >= 15 is 0 Å². The summed E-state index contributed by atoms with van der Waals surface area (Å²) in [6, 6.07) is 3.06. The zero-order valence-electron chi connectivity index (χ0n) is 11.6. The highest BCUT2D eigenvalue weighted by Crippen LogP contribution is 2.11. The second kappa shape index (κ2) is 7.09. The van der Waals surface area contributed by atoms with E-state index in [2.05, 4.69) is 15.0 Å². The van der Waals surface area contributed by atoms with Crippen LogP contribution in [-0.4, -0.2) is 28.7 Å². The number of hydrogen-bond acceptors (Lipinski definition) is 5. The molecule has 6 nitrogen and oxygen atoms in total. The Morgan fingerprint density at radius 3 is 2.55 bits per heavy atom. The van der Waals surface area contributed by atoms with Gasteiger partial charge in [0.25, 0.3) is 0 Å². The van der Waals surface area contributed by atoms with Crippen molar-refractivity contribution in [2.24, 2.45) is 0 Å². The summed E-state index contributed by atoms with van der Waals surface area (Å²) in [5.41, 5.74) is 0.437. The van der Waals surface area contributed by atoms with Gasteiger partial charge >= 0.3 is 12.1 Å². The smallest absolute Gasteiger partial charge is 0.412 e. The molecule has 0 aromatic carbocycles. The Morgan fingerprint density at radius 1 is 1.35 bits per heavy atom. The van der Waals surface area contributed by atoms with Crippen molar-refractivity contribution in [3.8, 4) is 0 Å². The molecule has 0 atom stereocenters. The standard InChI is InChI=1S/C13H17ClN2O4/c1-13(2,3)20-12(18)16-10-5-4-9(15-7-10)6-11(17)19-8-14/h4-5,7H,6,8H2,1-3H3,(H,16,18). The summed E-state index contributed by atoms with van der Waals surface area (Å²) in [5.74, 6) is -0.458. The average molecular weight is 301 g/mol. The molecule has 20 heavy (non-hydrogen) atoms. The number of aromatic nitrogens is 1. The second-order valence-electron chi connectivity index (χ2n) is 4.97. The Bertz CT molecular complexity index is 468. The largest absolute Gasteiger partial charge is 0.449 e. The Kier molecular flexibility index (Phi) is 5.76. The van der Waals surface area contributed by atoms with Gasteiger partial charge in [0, 0.05) is 0 Å². The van der Waals surface area contributed by atoms with Crippen LogP contribution in [0.15, 0.2) is 18.3 Å². The number of alkyl halides is 1. The number of anilines is 1. The lowest BCUT2D eigenvalue weighted by atomic mass is 10.2. The number of carbonyl (C=O) groups is 2. The predicted molar refractivity (Wildman–Crippen MR) is 74.6 cm³/mol. The molecule has 0 unspecified atom stereocenters. The molecule has 110 valence electrons. The quantitative estimate of drug-likeness (QED) is 0.683. The first-order valence-corrected chi connectivity index (χ1v) is 6.50. The second-order valence-corrected chi connectivity index (χ2v) is 5.19. The van der Waals surface area contributed by atoms with Crippen molar-refractivity contribution in [2.75, 3.05) is 11.4 Å². The number of ether oxygens (including phenoxy) is 2. The molecule has 0 saturated carbocycles. The molecular weight excluding hydrogens is 284 g/mol. The highest BCUT2D eigenvalue weighted by Gasteiger charge is 2.16. The Hall–Kier alpha value is -1.82. The van der Waals surface area contributed by atoms with E-state index in [4.69, 9.17) is 16.3 Å². The molecule has 0 spiro atoms. The van der Waals surface area contributed by atoms with Gasteiger partial charge < -0.3 is 9.47 Å². The normalized spacial score (nSPS) is 10.8. The summed E-state index contributed by atoms with van der Waals surface area (Å²) in [4.78, 5) is 26.8. The Balaban J connectivity index is 2.54. The van der Waals surface area contributed by atoms with Crippen LogP contribution in [0.25, 0.3) is 0 Å². The molecule has 1 heterocycles. The maximum Gasteiger partial charge on any atom is 0.412 e. The van der Waals surface area contributed by atoms with Gasteiger partial charge in [-0.1, -0.05) is 11.6 Å². The van der Waals surface area contributed by atoms with Gasteiger partial charge in [0.05, 0.1) is 24.0 Å². The summed E-state index contributed by atoms with van der Waals surface area (Å²) in [5, 5.41) is 2.54. The van der Waals surface area contributed by atoms with E-state index in [1.165, 1.54) is 6.20 Å². The number of rotatable bonds is 4. The molecular formula is C13H17ClN2O4. The van der Waals surface area contributed by atoms with Crippen LogP contribution in [-0.2, 0) is 20.7 Å². The maximum absolute atomic E-state index is 11.5. The summed E-state index contributed by atoms with van der Waals surface area (Å²) in [6.45, 7) is 5.32. The van der Waals surface area contributed by atoms with Crippen LogP contribution < -0.4 is 5.32 Å². The number of hydrogen-bond donors (Lipinski definition) is 1. The fraction of sp³-hybridized carbons (Fsp3) is 0.462. The number of halogens is 1. The zero-order chi connectivity index (χ0) is 15.2. The summed E-state index contributed by atoms with van der Waals surface area (Å²) in [6.07, 6.45) is 0.903. The maximum atomic E-state index is 11.5. The number of amides is 1. The van der Waals surface area contributed by atoms with E-state index in [1.54, 1.807) is 32.9 Å². The van der Waals surface area contributed by atoms with Crippen molar-refractivity contribution >= 4 is 29.4 Å². The van der Waals surface area contributed by atoms with E-state index in [0.717, 1.165) is 0 Å². The molecule has 1 rings (SSSR count). The van der Waals surface area contributed by atoms with Crippen LogP contribution in [0.1, 0.15) is 26.5 Å².